The topological polar surface area (TPSA) is 29.0 Å². The molecule has 0 aliphatic carbocycles. The van der Waals surface area contributed by atoms with E-state index in [0.717, 1.165) is 23.8 Å². The maximum absolute atomic E-state index is 5.78. The van der Waals surface area contributed by atoms with Gasteiger partial charge in [-0.1, -0.05) is 0 Å². The van der Waals surface area contributed by atoms with Crippen LogP contribution >= 0.6 is 11.6 Å². The number of alkyl halides is 1. The minimum Gasteiger partial charge on any atom is -0.360 e. The number of aromatic nitrogens is 2. The van der Waals surface area contributed by atoms with Crippen molar-refractivity contribution in [3.8, 4) is 0 Å². The Balaban J connectivity index is 3.07. The molecule has 0 fully saturated rings. The molecule has 0 radical (unpaired) electrons. The van der Waals surface area contributed by atoms with Gasteiger partial charge in [0.1, 0.15) is 11.6 Å². The van der Waals surface area contributed by atoms with Crippen LogP contribution in [0.3, 0.4) is 0 Å². The molecule has 1 aromatic heterocycles. The summed E-state index contributed by atoms with van der Waals surface area (Å²) < 4.78 is 0. The van der Waals surface area contributed by atoms with Gasteiger partial charge >= 0.3 is 0 Å². The second-order valence-electron chi connectivity index (χ2n) is 2.91. The first-order valence-corrected chi connectivity index (χ1v) is 4.82. The van der Waals surface area contributed by atoms with Crippen LogP contribution in [0.2, 0.25) is 0 Å². The molecule has 0 unspecified atom stereocenters. The van der Waals surface area contributed by atoms with Gasteiger partial charge in [0.2, 0.25) is 0 Å². The predicted molar refractivity (Wildman–Crippen MR) is 55.3 cm³/mol. The Kier molecular flexibility index (Phi) is 3.48. The van der Waals surface area contributed by atoms with Gasteiger partial charge in [-0.05, 0) is 13.8 Å². The quantitative estimate of drug-likeness (QED) is 0.698. The summed E-state index contributed by atoms with van der Waals surface area (Å²) in [6, 6.07) is 0. The molecule has 0 saturated heterocycles. The molecule has 0 bridgehead atoms. The summed E-state index contributed by atoms with van der Waals surface area (Å²) in [5, 5.41) is 0. The average molecular weight is 200 g/mol. The van der Waals surface area contributed by atoms with E-state index in [0.29, 0.717) is 5.88 Å². The van der Waals surface area contributed by atoms with Gasteiger partial charge in [0, 0.05) is 25.4 Å². The highest BCUT2D eigenvalue weighted by molar-refractivity contribution is 6.17. The molecule has 0 aliphatic heterocycles. The van der Waals surface area contributed by atoms with Crippen LogP contribution in [-0.2, 0) is 5.88 Å². The third-order valence-corrected chi connectivity index (χ3v) is 2.23. The number of rotatable bonds is 3. The van der Waals surface area contributed by atoms with Crippen molar-refractivity contribution in [1.82, 2.24) is 9.97 Å². The van der Waals surface area contributed by atoms with E-state index in [2.05, 4.69) is 21.8 Å². The van der Waals surface area contributed by atoms with Crippen molar-refractivity contribution < 1.29 is 0 Å². The normalized spacial score (nSPS) is 10.2. The molecule has 1 heterocycles. The van der Waals surface area contributed by atoms with Crippen molar-refractivity contribution in [2.75, 3.05) is 18.5 Å². The minimum absolute atomic E-state index is 0.458. The molecule has 0 amide bonds. The molecule has 1 rings (SSSR count). The lowest BCUT2D eigenvalue weighted by atomic mass is 10.3. The van der Waals surface area contributed by atoms with Gasteiger partial charge in [-0.15, -0.1) is 11.6 Å². The number of hydrogen-bond acceptors (Lipinski definition) is 3. The van der Waals surface area contributed by atoms with Gasteiger partial charge < -0.3 is 4.90 Å². The van der Waals surface area contributed by atoms with Gasteiger partial charge in [-0.25, -0.2) is 9.97 Å². The summed E-state index contributed by atoms with van der Waals surface area (Å²) in [6.45, 7) is 4.88. The SMILES string of the molecule is CCN(C)c1nc(C)ncc1CCl. The second-order valence-corrected chi connectivity index (χ2v) is 3.18. The average Bonchev–Trinajstić information content (AvgIpc) is 2.16. The van der Waals surface area contributed by atoms with Crippen molar-refractivity contribution in [2.24, 2.45) is 0 Å². The van der Waals surface area contributed by atoms with E-state index in [4.69, 9.17) is 11.6 Å². The number of hydrogen-bond donors (Lipinski definition) is 0. The minimum atomic E-state index is 0.458. The number of aryl methyl sites for hydroxylation is 1. The van der Waals surface area contributed by atoms with Crippen LogP contribution in [0, 0.1) is 6.92 Å². The zero-order valence-electron chi connectivity index (χ0n) is 8.21. The molecule has 0 atom stereocenters. The molecule has 0 N–H and O–H groups in total. The Labute approximate surface area is 83.8 Å². The lowest BCUT2D eigenvalue weighted by Crippen LogP contribution is -2.19. The van der Waals surface area contributed by atoms with Crippen LogP contribution in [-0.4, -0.2) is 23.6 Å². The molecular weight excluding hydrogens is 186 g/mol. The smallest absolute Gasteiger partial charge is 0.136 e. The van der Waals surface area contributed by atoms with Gasteiger partial charge in [0.25, 0.3) is 0 Å². The first-order valence-electron chi connectivity index (χ1n) is 4.28. The second kappa shape index (κ2) is 4.42. The standard InChI is InChI=1S/C9H14ClN3/c1-4-13(3)9-8(5-10)6-11-7(2)12-9/h6H,4-5H2,1-3H3. The molecule has 13 heavy (non-hydrogen) atoms. The summed E-state index contributed by atoms with van der Waals surface area (Å²) in [6.07, 6.45) is 1.79. The fraction of sp³-hybridized carbons (Fsp3) is 0.556. The third-order valence-electron chi connectivity index (χ3n) is 1.94. The molecule has 3 nitrogen and oxygen atoms in total. The van der Waals surface area contributed by atoms with E-state index in [1.54, 1.807) is 6.20 Å². The van der Waals surface area contributed by atoms with Crippen molar-refractivity contribution in [3.05, 3.63) is 17.6 Å². The summed E-state index contributed by atoms with van der Waals surface area (Å²) in [5.74, 6) is 2.18. The lowest BCUT2D eigenvalue weighted by Gasteiger charge is -2.18. The largest absolute Gasteiger partial charge is 0.360 e. The fourth-order valence-electron chi connectivity index (χ4n) is 1.06. The van der Waals surface area contributed by atoms with Gasteiger partial charge in [-0.2, -0.15) is 0 Å². The van der Waals surface area contributed by atoms with E-state index in [-0.39, 0.29) is 0 Å². The Bertz CT molecular complexity index is 288. The molecule has 72 valence electrons. The van der Waals surface area contributed by atoms with Crippen LogP contribution < -0.4 is 4.90 Å². The summed E-state index contributed by atoms with van der Waals surface area (Å²) in [7, 11) is 2.00. The van der Waals surface area contributed by atoms with Crippen molar-refractivity contribution >= 4 is 17.4 Å². The highest BCUT2D eigenvalue weighted by Gasteiger charge is 2.07. The van der Waals surface area contributed by atoms with Crippen LogP contribution in [0.25, 0.3) is 0 Å². The first kappa shape index (κ1) is 10.3. The number of nitrogens with zero attached hydrogens (tertiary/aromatic N) is 3. The van der Waals surface area contributed by atoms with E-state index in [9.17, 15) is 0 Å². The van der Waals surface area contributed by atoms with E-state index >= 15 is 0 Å². The van der Waals surface area contributed by atoms with E-state index < -0.39 is 0 Å². The number of halogens is 1. The predicted octanol–water partition coefficient (Wildman–Crippen LogP) is 1.98. The van der Waals surface area contributed by atoms with Gasteiger partial charge in [0.05, 0.1) is 5.88 Å². The molecule has 0 aliphatic rings. The summed E-state index contributed by atoms with van der Waals surface area (Å²) in [5.41, 5.74) is 0.983. The molecule has 4 heteroatoms. The molecular formula is C9H14ClN3. The molecule has 0 aromatic carbocycles. The Morgan fingerprint density at radius 2 is 2.23 bits per heavy atom. The van der Waals surface area contributed by atoms with Crippen molar-refractivity contribution in [2.45, 2.75) is 19.7 Å². The summed E-state index contributed by atoms with van der Waals surface area (Å²) in [4.78, 5) is 10.5. The maximum Gasteiger partial charge on any atom is 0.136 e. The van der Waals surface area contributed by atoms with Crippen LogP contribution in [0.15, 0.2) is 6.20 Å². The zero-order chi connectivity index (χ0) is 9.84. The van der Waals surface area contributed by atoms with Crippen LogP contribution in [0.1, 0.15) is 18.3 Å². The maximum atomic E-state index is 5.78. The Hall–Kier alpha value is -0.830. The highest BCUT2D eigenvalue weighted by Crippen LogP contribution is 2.17. The lowest BCUT2D eigenvalue weighted by molar-refractivity contribution is 0.897. The van der Waals surface area contributed by atoms with Crippen molar-refractivity contribution in [1.29, 1.82) is 0 Å². The fourth-order valence-corrected chi connectivity index (χ4v) is 1.25. The van der Waals surface area contributed by atoms with Crippen LogP contribution in [0.4, 0.5) is 5.82 Å². The Morgan fingerprint density at radius 3 is 2.77 bits per heavy atom. The van der Waals surface area contributed by atoms with Gasteiger partial charge in [-0.3, -0.25) is 0 Å². The highest BCUT2D eigenvalue weighted by atomic mass is 35.5. The Morgan fingerprint density at radius 1 is 1.54 bits per heavy atom. The monoisotopic (exact) mass is 199 g/mol. The first-order chi connectivity index (χ1) is 6.19. The molecule has 1 aromatic rings. The van der Waals surface area contributed by atoms with Crippen LogP contribution in [0.5, 0.6) is 0 Å². The third kappa shape index (κ3) is 2.31. The molecule has 0 spiro atoms. The van der Waals surface area contributed by atoms with E-state index in [1.165, 1.54) is 0 Å². The number of anilines is 1. The van der Waals surface area contributed by atoms with Gasteiger partial charge in [0.15, 0.2) is 0 Å². The summed E-state index contributed by atoms with van der Waals surface area (Å²) >= 11 is 5.78. The van der Waals surface area contributed by atoms with Crippen molar-refractivity contribution in [3.63, 3.8) is 0 Å². The van der Waals surface area contributed by atoms with E-state index in [1.807, 2.05) is 14.0 Å². The molecule has 0 saturated carbocycles. The zero-order valence-corrected chi connectivity index (χ0v) is 8.97.